The maximum Gasteiger partial charge on any atom is 0.151 e. The summed E-state index contributed by atoms with van der Waals surface area (Å²) in [4.78, 5) is 15.3. The highest BCUT2D eigenvalue weighted by molar-refractivity contribution is 9.10. The number of para-hydroxylation sites is 1. The van der Waals surface area contributed by atoms with E-state index in [4.69, 9.17) is 4.74 Å². The van der Waals surface area contributed by atoms with Crippen molar-refractivity contribution in [1.29, 1.82) is 0 Å². The molecule has 0 amide bonds. The van der Waals surface area contributed by atoms with E-state index in [9.17, 15) is 4.79 Å². The van der Waals surface area contributed by atoms with Crippen molar-refractivity contribution in [2.75, 3.05) is 0 Å². The van der Waals surface area contributed by atoms with E-state index in [-0.39, 0.29) is 0 Å². The van der Waals surface area contributed by atoms with Crippen LogP contribution in [0.2, 0.25) is 0 Å². The molecule has 2 aromatic carbocycles. The van der Waals surface area contributed by atoms with Crippen LogP contribution >= 0.6 is 15.9 Å². The number of aldehydes is 1. The first-order chi connectivity index (χ1) is 10.3. The highest BCUT2D eigenvalue weighted by atomic mass is 79.9. The fourth-order valence-corrected chi connectivity index (χ4v) is 2.49. The molecule has 0 aliphatic rings. The third kappa shape index (κ3) is 2.95. The van der Waals surface area contributed by atoms with E-state index in [0.29, 0.717) is 17.9 Å². The summed E-state index contributed by atoms with van der Waals surface area (Å²) >= 11 is 3.32. The monoisotopic (exact) mass is 341 g/mol. The zero-order valence-electron chi connectivity index (χ0n) is 11.1. The third-order valence-electron chi connectivity index (χ3n) is 3.21. The summed E-state index contributed by atoms with van der Waals surface area (Å²) in [5.74, 6) is 0.660. The number of nitrogens with zero attached hydrogens (tertiary/aromatic N) is 1. The number of carbonyl (C=O) groups excluding carboxylic acids is 1. The van der Waals surface area contributed by atoms with Gasteiger partial charge in [-0.1, -0.05) is 40.2 Å². The molecule has 0 saturated heterocycles. The zero-order chi connectivity index (χ0) is 14.7. The number of pyridine rings is 1. The predicted octanol–water partition coefficient (Wildman–Crippen LogP) is 4.39. The molecule has 0 spiro atoms. The second-order valence-electron chi connectivity index (χ2n) is 4.58. The molecule has 3 aromatic rings. The van der Waals surface area contributed by atoms with Crippen molar-refractivity contribution >= 4 is 33.1 Å². The molecule has 1 heterocycles. The lowest BCUT2D eigenvalue weighted by atomic mass is 10.1. The fraction of sp³-hybridized carbons (Fsp3) is 0.0588. The minimum atomic E-state index is 0.411. The summed E-state index contributed by atoms with van der Waals surface area (Å²) in [5, 5.41) is 1.09. The predicted molar refractivity (Wildman–Crippen MR) is 85.6 cm³/mol. The standard InChI is InChI=1S/C17H12BrNO2/c18-16-7-6-15(9-14(16)10-20)21-11-13-4-1-3-12-5-2-8-19-17(12)13/h1-10H,11H2. The van der Waals surface area contributed by atoms with E-state index >= 15 is 0 Å². The van der Waals surface area contributed by atoms with Crippen LogP contribution in [0.5, 0.6) is 5.75 Å². The Kier molecular flexibility index (Phi) is 3.97. The van der Waals surface area contributed by atoms with E-state index in [0.717, 1.165) is 27.2 Å². The first-order valence-corrected chi connectivity index (χ1v) is 7.27. The normalized spacial score (nSPS) is 10.5. The molecule has 0 aliphatic heterocycles. The van der Waals surface area contributed by atoms with Gasteiger partial charge in [-0.25, -0.2) is 0 Å². The Hall–Kier alpha value is -2.20. The second kappa shape index (κ2) is 6.06. The fourth-order valence-electron chi connectivity index (χ4n) is 2.15. The summed E-state index contributed by atoms with van der Waals surface area (Å²) in [5.41, 5.74) is 2.53. The molecule has 0 unspecified atom stereocenters. The van der Waals surface area contributed by atoms with Crippen molar-refractivity contribution in [3.05, 3.63) is 70.3 Å². The van der Waals surface area contributed by atoms with Gasteiger partial charge in [0.15, 0.2) is 6.29 Å². The van der Waals surface area contributed by atoms with Gasteiger partial charge in [-0.15, -0.1) is 0 Å². The van der Waals surface area contributed by atoms with Gasteiger partial charge in [-0.2, -0.15) is 0 Å². The topological polar surface area (TPSA) is 39.2 Å². The molecule has 4 heteroatoms. The van der Waals surface area contributed by atoms with E-state index in [1.165, 1.54) is 0 Å². The number of hydrogen-bond donors (Lipinski definition) is 0. The average Bonchev–Trinajstić information content (AvgIpc) is 2.54. The smallest absolute Gasteiger partial charge is 0.151 e. The lowest BCUT2D eigenvalue weighted by Crippen LogP contribution is -1.98. The zero-order valence-corrected chi connectivity index (χ0v) is 12.7. The minimum absolute atomic E-state index is 0.411. The number of fused-ring (bicyclic) bond motifs is 1. The molecule has 0 saturated carbocycles. The van der Waals surface area contributed by atoms with Crippen LogP contribution in [0.1, 0.15) is 15.9 Å². The number of benzene rings is 2. The molecule has 0 bridgehead atoms. The first-order valence-electron chi connectivity index (χ1n) is 6.48. The molecule has 0 atom stereocenters. The Morgan fingerprint density at radius 3 is 2.86 bits per heavy atom. The van der Waals surface area contributed by atoms with Crippen molar-refractivity contribution in [3.63, 3.8) is 0 Å². The first kappa shape index (κ1) is 13.8. The van der Waals surface area contributed by atoms with Crippen molar-refractivity contribution < 1.29 is 9.53 Å². The van der Waals surface area contributed by atoms with Crippen LogP contribution in [0.25, 0.3) is 10.9 Å². The van der Waals surface area contributed by atoms with Crippen LogP contribution in [0.4, 0.5) is 0 Å². The minimum Gasteiger partial charge on any atom is -0.489 e. The van der Waals surface area contributed by atoms with Crippen molar-refractivity contribution in [1.82, 2.24) is 4.98 Å². The van der Waals surface area contributed by atoms with Crippen LogP contribution in [0, 0.1) is 0 Å². The summed E-state index contributed by atoms with van der Waals surface area (Å²) in [6.45, 7) is 0.411. The number of ether oxygens (including phenoxy) is 1. The number of hydrogen-bond acceptors (Lipinski definition) is 3. The van der Waals surface area contributed by atoms with Gasteiger partial charge < -0.3 is 4.74 Å². The number of rotatable bonds is 4. The molecule has 3 nitrogen and oxygen atoms in total. The Bertz CT molecular complexity index is 796. The van der Waals surface area contributed by atoms with Crippen LogP contribution in [-0.2, 0) is 6.61 Å². The van der Waals surface area contributed by atoms with Gasteiger partial charge in [-0.3, -0.25) is 9.78 Å². The van der Waals surface area contributed by atoms with Crippen molar-refractivity contribution in [2.45, 2.75) is 6.61 Å². The Balaban J connectivity index is 1.85. The molecule has 104 valence electrons. The summed E-state index contributed by atoms with van der Waals surface area (Å²) < 4.78 is 6.54. The van der Waals surface area contributed by atoms with Crippen molar-refractivity contribution in [2.24, 2.45) is 0 Å². The van der Waals surface area contributed by atoms with Gasteiger partial charge in [0.25, 0.3) is 0 Å². The van der Waals surface area contributed by atoms with Gasteiger partial charge in [0.2, 0.25) is 0 Å². The average molecular weight is 342 g/mol. The molecule has 0 N–H and O–H groups in total. The quantitative estimate of drug-likeness (QED) is 0.660. The van der Waals surface area contributed by atoms with Gasteiger partial charge >= 0.3 is 0 Å². The van der Waals surface area contributed by atoms with Gasteiger partial charge in [0, 0.05) is 27.2 Å². The van der Waals surface area contributed by atoms with Gasteiger partial charge in [0.05, 0.1) is 5.52 Å². The van der Waals surface area contributed by atoms with Crippen molar-refractivity contribution in [3.8, 4) is 5.75 Å². The maximum atomic E-state index is 10.9. The SMILES string of the molecule is O=Cc1cc(OCc2cccc3cccnc23)ccc1Br. The Morgan fingerprint density at radius 2 is 2.00 bits per heavy atom. The summed E-state index contributed by atoms with van der Waals surface area (Å²) in [7, 11) is 0. The van der Waals surface area contributed by atoms with Crippen LogP contribution < -0.4 is 4.74 Å². The Labute approximate surface area is 130 Å². The molecule has 3 rings (SSSR count). The van der Waals surface area contributed by atoms with Gasteiger partial charge in [0.1, 0.15) is 12.4 Å². The second-order valence-corrected chi connectivity index (χ2v) is 5.44. The van der Waals surface area contributed by atoms with Crippen LogP contribution in [0.15, 0.2) is 59.2 Å². The molecular formula is C17H12BrNO2. The number of carbonyl (C=O) groups is 1. The van der Waals surface area contributed by atoms with E-state index in [1.807, 2.05) is 36.4 Å². The lowest BCUT2D eigenvalue weighted by Gasteiger charge is -2.09. The molecule has 0 aliphatic carbocycles. The summed E-state index contributed by atoms with van der Waals surface area (Å²) in [6.07, 6.45) is 2.58. The Morgan fingerprint density at radius 1 is 1.14 bits per heavy atom. The van der Waals surface area contributed by atoms with E-state index in [2.05, 4.69) is 20.9 Å². The van der Waals surface area contributed by atoms with Crippen LogP contribution in [-0.4, -0.2) is 11.3 Å². The molecular weight excluding hydrogens is 330 g/mol. The van der Waals surface area contributed by atoms with Gasteiger partial charge in [-0.05, 0) is 24.3 Å². The highest BCUT2D eigenvalue weighted by Gasteiger charge is 2.05. The molecule has 21 heavy (non-hydrogen) atoms. The summed E-state index contributed by atoms with van der Waals surface area (Å²) in [6, 6.07) is 15.3. The molecule has 0 radical (unpaired) electrons. The lowest BCUT2D eigenvalue weighted by molar-refractivity contribution is 0.112. The molecule has 0 fully saturated rings. The third-order valence-corrected chi connectivity index (χ3v) is 3.93. The van der Waals surface area contributed by atoms with E-state index < -0.39 is 0 Å². The van der Waals surface area contributed by atoms with E-state index in [1.54, 1.807) is 18.3 Å². The maximum absolute atomic E-state index is 10.9. The molecule has 1 aromatic heterocycles. The largest absolute Gasteiger partial charge is 0.489 e. The highest BCUT2D eigenvalue weighted by Crippen LogP contribution is 2.23. The van der Waals surface area contributed by atoms with Crippen LogP contribution in [0.3, 0.4) is 0 Å². The number of halogens is 1. The number of aromatic nitrogens is 1.